The number of hydrogen-bond acceptors (Lipinski definition) is 5. The lowest BCUT2D eigenvalue weighted by Gasteiger charge is -2.07. The lowest BCUT2D eigenvalue weighted by atomic mass is 10.3. The topological polar surface area (TPSA) is 79.8 Å². The Bertz CT molecular complexity index is 582. The number of nitrogens with zero attached hydrogens (tertiary/aromatic N) is 3. The monoisotopic (exact) mass is 271 g/mol. The van der Waals surface area contributed by atoms with Crippen molar-refractivity contribution in [3.63, 3.8) is 0 Å². The molecule has 6 nitrogen and oxygen atoms in total. The maximum Gasteiger partial charge on any atom is 0.277 e. The minimum atomic E-state index is -0.318. The zero-order valence-corrected chi connectivity index (χ0v) is 11.6. The van der Waals surface area contributed by atoms with Gasteiger partial charge in [0.05, 0.1) is 12.4 Å². The molecule has 0 spiro atoms. The van der Waals surface area contributed by atoms with Gasteiger partial charge in [-0.15, -0.1) is 0 Å². The van der Waals surface area contributed by atoms with Gasteiger partial charge in [0.1, 0.15) is 17.3 Å². The van der Waals surface area contributed by atoms with Crippen molar-refractivity contribution in [2.75, 3.05) is 17.2 Å². The molecular formula is C14H17N5O. The fraction of sp³-hybridized carbons (Fsp3) is 0.286. The van der Waals surface area contributed by atoms with Crippen molar-refractivity contribution in [1.82, 2.24) is 15.0 Å². The molecule has 2 aromatic rings. The van der Waals surface area contributed by atoms with Crippen LogP contribution in [0.1, 0.15) is 29.4 Å². The Morgan fingerprint density at radius 3 is 2.75 bits per heavy atom. The van der Waals surface area contributed by atoms with Gasteiger partial charge >= 0.3 is 0 Å². The Morgan fingerprint density at radius 2 is 2.10 bits per heavy atom. The summed E-state index contributed by atoms with van der Waals surface area (Å²) in [5, 5.41) is 5.82. The molecule has 1 amide bonds. The number of anilines is 2. The van der Waals surface area contributed by atoms with Crippen molar-refractivity contribution in [3.8, 4) is 0 Å². The van der Waals surface area contributed by atoms with Gasteiger partial charge in [-0.3, -0.25) is 4.79 Å². The molecule has 104 valence electrons. The molecule has 2 aromatic heterocycles. The van der Waals surface area contributed by atoms with E-state index in [1.54, 1.807) is 12.4 Å². The highest BCUT2D eigenvalue weighted by Crippen LogP contribution is 2.10. The summed E-state index contributed by atoms with van der Waals surface area (Å²) >= 11 is 0. The average Bonchev–Trinajstić information content (AvgIpc) is 2.48. The maximum atomic E-state index is 12.0. The van der Waals surface area contributed by atoms with E-state index in [4.69, 9.17) is 0 Å². The summed E-state index contributed by atoms with van der Waals surface area (Å²) in [7, 11) is 0. The highest BCUT2D eigenvalue weighted by molar-refractivity contribution is 6.02. The number of carbonyl (C=O) groups excluding carboxylic acids is 1. The summed E-state index contributed by atoms with van der Waals surface area (Å²) in [6.45, 7) is 4.77. The molecular weight excluding hydrogens is 254 g/mol. The van der Waals surface area contributed by atoms with Crippen molar-refractivity contribution in [2.24, 2.45) is 0 Å². The third-order valence-electron chi connectivity index (χ3n) is 2.68. The smallest absolute Gasteiger partial charge is 0.277 e. The molecule has 2 heterocycles. The lowest BCUT2D eigenvalue weighted by Crippen LogP contribution is -2.16. The molecule has 0 saturated heterocycles. The predicted octanol–water partition coefficient (Wildman–Crippen LogP) is 2.25. The van der Waals surface area contributed by atoms with Crippen LogP contribution in [0.15, 0.2) is 30.7 Å². The number of hydrogen-bond donors (Lipinski definition) is 2. The van der Waals surface area contributed by atoms with E-state index in [1.807, 2.05) is 19.1 Å². The average molecular weight is 271 g/mol. The number of amides is 1. The molecule has 0 aliphatic rings. The van der Waals surface area contributed by atoms with Gasteiger partial charge in [-0.1, -0.05) is 13.0 Å². The van der Waals surface area contributed by atoms with E-state index in [0.29, 0.717) is 11.6 Å². The molecule has 2 N–H and O–H groups in total. The quantitative estimate of drug-likeness (QED) is 0.872. The van der Waals surface area contributed by atoms with E-state index in [0.717, 1.165) is 18.5 Å². The molecule has 0 atom stereocenters. The standard InChI is InChI=1S/C14H17N5O/c1-3-6-15-12-9-17-11(8-18-12)14(20)19-13-10(2)5-4-7-16-13/h4-5,7-9H,3,6H2,1-2H3,(H,15,18)(H,16,19,20). The summed E-state index contributed by atoms with van der Waals surface area (Å²) < 4.78 is 0. The molecule has 0 aliphatic heterocycles. The first-order valence-corrected chi connectivity index (χ1v) is 6.49. The number of carbonyl (C=O) groups is 1. The van der Waals surface area contributed by atoms with Crippen LogP contribution in [0.3, 0.4) is 0 Å². The van der Waals surface area contributed by atoms with E-state index in [9.17, 15) is 4.79 Å². The first-order chi connectivity index (χ1) is 9.70. The largest absolute Gasteiger partial charge is 0.369 e. The number of nitrogens with one attached hydrogen (secondary N) is 2. The van der Waals surface area contributed by atoms with Gasteiger partial charge in [-0.05, 0) is 25.0 Å². The zero-order valence-electron chi connectivity index (χ0n) is 11.6. The predicted molar refractivity (Wildman–Crippen MR) is 77.7 cm³/mol. The van der Waals surface area contributed by atoms with Crippen LogP contribution < -0.4 is 10.6 Å². The van der Waals surface area contributed by atoms with E-state index in [-0.39, 0.29) is 11.6 Å². The molecule has 2 rings (SSSR count). The van der Waals surface area contributed by atoms with E-state index < -0.39 is 0 Å². The zero-order chi connectivity index (χ0) is 14.4. The Hall–Kier alpha value is -2.50. The first-order valence-electron chi connectivity index (χ1n) is 6.49. The fourth-order valence-electron chi connectivity index (χ4n) is 1.58. The van der Waals surface area contributed by atoms with Crippen LogP contribution in [-0.2, 0) is 0 Å². The van der Waals surface area contributed by atoms with Crippen LogP contribution in [0.2, 0.25) is 0 Å². The molecule has 0 saturated carbocycles. The molecule has 0 aliphatic carbocycles. The van der Waals surface area contributed by atoms with Gasteiger partial charge in [0, 0.05) is 12.7 Å². The minimum absolute atomic E-state index is 0.261. The Morgan fingerprint density at radius 1 is 1.25 bits per heavy atom. The van der Waals surface area contributed by atoms with Crippen molar-refractivity contribution >= 4 is 17.5 Å². The van der Waals surface area contributed by atoms with Gasteiger partial charge in [0.15, 0.2) is 0 Å². The molecule has 0 fully saturated rings. The maximum absolute atomic E-state index is 12.0. The van der Waals surface area contributed by atoms with Crippen LogP contribution in [0.25, 0.3) is 0 Å². The normalized spacial score (nSPS) is 10.1. The van der Waals surface area contributed by atoms with E-state index in [2.05, 4.69) is 32.5 Å². The van der Waals surface area contributed by atoms with Crippen molar-refractivity contribution < 1.29 is 4.79 Å². The minimum Gasteiger partial charge on any atom is -0.369 e. The molecule has 0 unspecified atom stereocenters. The highest BCUT2D eigenvalue weighted by atomic mass is 16.1. The van der Waals surface area contributed by atoms with Crippen LogP contribution in [0.5, 0.6) is 0 Å². The van der Waals surface area contributed by atoms with Gasteiger partial charge in [0.25, 0.3) is 5.91 Å². The molecule has 0 radical (unpaired) electrons. The number of aromatic nitrogens is 3. The van der Waals surface area contributed by atoms with Crippen molar-refractivity contribution in [2.45, 2.75) is 20.3 Å². The molecule has 6 heteroatoms. The first kappa shape index (κ1) is 13.9. The molecule has 0 aromatic carbocycles. The van der Waals surface area contributed by atoms with Crippen LogP contribution in [-0.4, -0.2) is 27.4 Å². The third-order valence-corrected chi connectivity index (χ3v) is 2.68. The summed E-state index contributed by atoms with van der Waals surface area (Å²) in [4.78, 5) is 24.4. The second-order valence-corrected chi connectivity index (χ2v) is 4.34. The summed E-state index contributed by atoms with van der Waals surface area (Å²) in [5.74, 6) is 0.881. The van der Waals surface area contributed by atoms with Crippen molar-refractivity contribution in [1.29, 1.82) is 0 Å². The third kappa shape index (κ3) is 3.50. The van der Waals surface area contributed by atoms with Crippen molar-refractivity contribution in [3.05, 3.63) is 42.0 Å². The highest BCUT2D eigenvalue weighted by Gasteiger charge is 2.10. The Kier molecular flexibility index (Phi) is 4.60. The van der Waals surface area contributed by atoms with Gasteiger partial charge in [-0.25, -0.2) is 15.0 Å². The van der Waals surface area contributed by atoms with E-state index >= 15 is 0 Å². The summed E-state index contributed by atoms with van der Waals surface area (Å²) in [6, 6.07) is 3.70. The van der Waals surface area contributed by atoms with Crippen LogP contribution in [0.4, 0.5) is 11.6 Å². The summed E-state index contributed by atoms with van der Waals surface area (Å²) in [5.41, 5.74) is 1.16. The van der Waals surface area contributed by atoms with Gasteiger partial charge in [-0.2, -0.15) is 0 Å². The Balaban J connectivity index is 2.04. The lowest BCUT2D eigenvalue weighted by molar-refractivity contribution is 0.102. The Labute approximate surface area is 117 Å². The molecule has 20 heavy (non-hydrogen) atoms. The summed E-state index contributed by atoms with van der Waals surface area (Å²) in [6.07, 6.45) is 5.64. The van der Waals surface area contributed by atoms with Gasteiger partial charge < -0.3 is 10.6 Å². The number of rotatable bonds is 5. The van der Waals surface area contributed by atoms with Crippen LogP contribution in [0, 0.1) is 6.92 Å². The molecule has 0 bridgehead atoms. The fourth-order valence-corrected chi connectivity index (χ4v) is 1.58. The van der Waals surface area contributed by atoms with Gasteiger partial charge in [0.2, 0.25) is 0 Å². The number of aryl methyl sites for hydroxylation is 1. The second-order valence-electron chi connectivity index (χ2n) is 4.34. The van der Waals surface area contributed by atoms with E-state index in [1.165, 1.54) is 6.20 Å². The second kappa shape index (κ2) is 6.60. The SMILES string of the molecule is CCCNc1cnc(C(=O)Nc2ncccc2C)cn1. The van der Waals surface area contributed by atoms with Crippen LogP contribution >= 0.6 is 0 Å². The number of pyridine rings is 1.